The van der Waals surface area contributed by atoms with Crippen molar-refractivity contribution in [3.8, 4) is 0 Å². The maximum Gasteiger partial charge on any atom is 0.134 e. The quantitative estimate of drug-likeness (QED) is 0.341. The van der Waals surface area contributed by atoms with Gasteiger partial charge in [0.05, 0.1) is 0 Å². The third-order valence-corrected chi connectivity index (χ3v) is 3.39. The molecule has 0 aromatic carbocycles. The summed E-state index contributed by atoms with van der Waals surface area (Å²) in [5.74, 6) is 7.11. The molecular formula is C14H26N4. The zero-order valence-corrected chi connectivity index (χ0v) is 11.6. The number of nitrogens with one attached hydrogen (secondary N) is 1. The van der Waals surface area contributed by atoms with Gasteiger partial charge in [0, 0.05) is 19.8 Å². The van der Waals surface area contributed by atoms with Crippen molar-refractivity contribution in [1.82, 2.24) is 5.01 Å². The summed E-state index contributed by atoms with van der Waals surface area (Å²) in [6, 6.07) is 0. The largest absolute Gasteiger partial charge is 0.298 e. The maximum atomic E-state index is 7.61. The Kier molecular flexibility index (Phi) is 6.65. The zero-order chi connectivity index (χ0) is 13.4. The Labute approximate surface area is 110 Å². The van der Waals surface area contributed by atoms with E-state index in [2.05, 4.69) is 24.2 Å². The third-order valence-electron chi connectivity index (χ3n) is 3.39. The number of rotatable bonds is 5. The first-order valence-corrected chi connectivity index (χ1v) is 6.88. The van der Waals surface area contributed by atoms with E-state index < -0.39 is 0 Å². The number of likely N-dealkylation sites (N-methyl/N-ethyl adjacent to an activating group) is 1. The van der Waals surface area contributed by atoms with Crippen molar-refractivity contribution in [2.75, 3.05) is 13.6 Å². The molecular weight excluding hydrogens is 224 g/mol. The first-order chi connectivity index (χ1) is 8.63. The lowest BCUT2D eigenvalue weighted by Crippen LogP contribution is -2.31. The van der Waals surface area contributed by atoms with Gasteiger partial charge in [0.1, 0.15) is 5.84 Å². The van der Waals surface area contributed by atoms with Gasteiger partial charge in [0.15, 0.2) is 0 Å². The molecule has 0 aromatic rings. The minimum Gasteiger partial charge on any atom is -0.298 e. The van der Waals surface area contributed by atoms with Crippen molar-refractivity contribution >= 4 is 12.1 Å². The smallest absolute Gasteiger partial charge is 0.134 e. The minimum atomic E-state index is 0.363. The van der Waals surface area contributed by atoms with Crippen molar-refractivity contribution < 1.29 is 0 Å². The van der Waals surface area contributed by atoms with Crippen LogP contribution in [0, 0.1) is 17.2 Å². The first-order valence-electron chi connectivity index (χ1n) is 6.88. The van der Waals surface area contributed by atoms with E-state index in [9.17, 15) is 0 Å². The van der Waals surface area contributed by atoms with Crippen LogP contribution in [-0.2, 0) is 0 Å². The highest BCUT2D eigenvalue weighted by atomic mass is 15.4. The normalized spacial score (nSPS) is 24.8. The Morgan fingerprint density at radius 1 is 1.33 bits per heavy atom. The zero-order valence-electron chi connectivity index (χ0n) is 11.6. The van der Waals surface area contributed by atoms with Gasteiger partial charge in [-0.3, -0.25) is 15.4 Å². The summed E-state index contributed by atoms with van der Waals surface area (Å²) in [4.78, 5) is 4.44. The van der Waals surface area contributed by atoms with Crippen LogP contribution in [0.15, 0.2) is 17.1 Å². The molecule has 1 aliphatic carbocycles. The van der Waals surface area contributed by atoms with Crippen LogP contribution in [0.1, 0.15) is 39.0 Å². The summed E-state index contributed by atoms with van der Waals surface area (Å²) >= 11 is 0. The van der Waals surface area contributed by atoms with E-state index in [1.54, 1.807) is 7.05 Å². The number of allylic oxidation sites excluding steroid dienone is 1. The van der Waals surface area contributed by atoms with E-state index in [0.29, 0.717) is 17.7 Å². The van der Waals surface area contributed by atoms with Crippen LogP contribution in [0.2, 0.25) is 0 Å². The molecule has 0 saturated heterocycles. The van der Waals surface area contributed by atoms with Crippen LogP contribution in [0.3, 0.4) is 0 Å². The third kappa shape index (κ3) is 5.45. The number of nitrogens with two attached hydrogens (primary N) is 1. The van der Waals surface area contributed by atoms with Crippen LogP contribution in [-0.4, -0.2) is 30.7 Å². The lowest BCUT2D eigenvalue weighted by atomic mass is 9.82. The van der Waals surface area contributed by atoms with Crippen LogP contribution < -0.4 is 5.84 Å². The van der Waals surface area contributed by atoms with E-state index >= 15 is 0 Å². The second kappa shape index (κ2) is 8.03. The molecule has 0 bridgehead atoms. The van der Waals surface area contributed by atoms with Gasteiger partial charge in [-0.15, -0.1) is 0 Å². The van der Waals surface area contributed by atoms with Crippen LogP contribution in [0.25, 0.3) is 0 Å². The fraction of sp³-hybridized carbons (Fsp3) is 0.714. The fourth-order valence-electron chi connectivity index (χ4n) is 2.18. The lowest BCUT2D eigenvalue weighted by molar-refractivity contribution is 0.375. The molecule has 102 valence electrons. The molecule has 0 aromatic heterocycles. The Morgan fingerprint density at radius 2 is 1.94 bits per heavy atom. The standard InChI is InChI=1S/C14H26N4/c1-3-10-17-11-13-6-4-12(5-7-13)8-9-14(15)18(2)16/h8-9,11-13,15H,3-7,10,16H2,1-2H3/b9-8+,15-14?,17-11?. The van der Waals surface area contributed by atoms with Gasteiger partial charge >= 0.3 is 0 Å². The van der Waals surface area contributed by atoms with Gasteiger partial charge in [0.25, 0.3) is 0 Å². The summed E-state index contributed by atoms with van der Waals surface area (Å²) in [7, 11) is 1.69. The minimum absolute atomic E-state index is 0.363. The van der Waals surface area contributed by atoms with E-state index in [1.807, 2.05) is 6.08 Å². The van der Waals surface area contributed by atoms with Crippen molar-refractivity contribution in [2.45, 2.75) is 39.0 Å². The van der Waals surface area contributed by atoms with Crippen molar-refractivity contribution in [3.63, 3.8) is 0 Å². The fourth-order valence-corrected chi connectivity index (χ4v) is 2.18. The molecule has 0 aliphatic heterocycles. The highest BCUT2D eigenvalue weighted by molar-refractivity contribution is 5.89. The molecule has 4 nitrogen and oxygen atoms in total. The van der Waals surface area contributed by atoms with E-state index in [1.165, 1.54) is 30.7 Å². The molecule has 1 rings (SSSR count). The molecule has 0 atom stereocenters. The van der Waals surface area contributed by atoms with Gasteiger partial charge in [-0.05, 0) is 50.0 Å². The molecule has 0 radical (unpaired) electrons. The van der Waals surface area contributed by atoms with Crippen LogP contribution >= 0.6 is 0 Å². The van der Waals surface area contributed by atoms with Crippen molar-refractivity contribution in [2.24, 2.45) is 22.7 Å². The SMILES string of the molecule is CCCN=CC1CCC(/C=C/C(=N)N(C)N)CC1. The second-order valence-corrected chi connectivity index (χ2v) is 5.09. The number of hydrogen-bond donors (Lipinski definition) is 2. The van der Waals surface area contributed by atoms with Gasteiger partial charge < -0.3 is 0 Å². The average molecular weight is 250 g/mol. The second-order valence-electron chi connectivity index (χ2n) is 5.09. The highest BCUT2D eigenvalue weighted by Gasteiger charge is 2.17. The first kappa shape index (κ1) is 14.9. The van der Waals surface area contributed by atoms with E-state index in [0.717, 1.165) is 13.0 Å². The molecule has 4 heteroatoms. The molecule has 1 aliphatic rings. The molecule has 1 saturated carbocycles. The predicted molar refractivity (Wildman–Crippen MR) is 77.9 cm³/mol. The van der Waals surface area contributed by atoms with Crippen molar-refractivity contribution in [3.05, 3.63) is 12.2 Å². The molecule has 0 heterocycles. The lowest BCUT2D eigenvalue weighted by Gasteiger charge is -2.24. The average Bonchev–Trinajstić information content (AvgIpc) is 2.37. The molecule has 18 heavy (non-hydrogen) atoms. The van der Waals surface area contributed by atoms with Crippen LogP contribution in [0.4, 0.5) is 0 Å². The Balaban J connectivity index is 2.29. The Bertz CT molecular complexity index is 299. The van der Waals surface area contributed by atoms with Gasteiger partial charge in [-0.1, -0.05) is 13.0 Å². The van der Waals surface area contributed by atoms with Gasteiger partial charge in [0.2, 0.25) is 0 Å². The molecule has 0 spiro atoms. The summed E-state index contributed by atoms with van der Waals surface area (Å²) in [5, 5.41) is 8.94. The topological polar surface area (TPSA) is 65.5 Å². The van der Waals surface area contributed by atoms with Crippen molar-refractivity contribution in [1.29, 1.82) is 5.41 Å². The molecule has 1 fully saturated rings. The number of hydrazine groups is 1. The molecule has 0 unspecified atom stereocenters. The summed E-state index contributed by atoms with van der Waals surface area (Å²) in [6.07, 6.45) is 12.0. The summed E-state index contributed by atoms with van der Waals surface area (Å²) in [5.41, 5.74) is 0. The van der Waals surface area contributed by atoms with E-state index in [4.69, 9.17) is 11.3 Å². The Morgan fingerprint density at radius 3 is 2.50 bits per heavy atom. The molecule has 3 N–H and O–H groups in total. The number of amidine groups is 1. The Hall–Kier alpha value is -1.16. The predicted octanol–water partition coefficient (Wildman–Crippen LogP) is 2.61. The molecule has 0 amide bonds. The number of aliphatic imine (C=N–C) groups is 1. The van der Waals surface area contributed by atoms with Crippen LogP contribution in [0.5, 0.6) is 0 Å². The van der Waals surface area contributed by atoms with Gasteiger partial charge in [-0.2, -0.15) is 0 Å². The summed E-state index contributed by atoms with van der Waals surface area (Å²) in [6.45, 7) is 3.11. The maximum absolute atomic E-state index is 7.61. The van der Waals surface area contributed by atoms with E-state index in [-0.39, 0.29) is 0 Å². The monoisotopic (exact) mass is 250 g/mol. The summed E-state index contributed by atoms with van der Waals surface area (Å²) < 4.78 is 0. The number of nitrogens with zero attached hydrogens (tertiary/aromatic N) is 2. The number of hydrogen-bond acceptors (Lipinski definition) is 3. The highest BCUT2D eigenvalue weighted by Crippen LogP contribution is 2.28. The van der Waals surface area contributed by atoms with Gasteiger partial charge in [-0.25, -0.2) is 5.84 Å².